The molecule has 4 N–H and O–H groups in total. The molecule has 0 bridgehead atoms. The summed E-state index contributed by atoms with van der Waals surface area (Å²) in [6.07, 6.45) is 0. The summed E-state index contributed by atoms with van der Waals surface area (Å²) < 4.78 is 0. The van der Waals surface area contributed by atoms with Crippen molar-refractivity contribution in [2.24, 2.45) is 10.9 Å². The summed E-state index contributed by atoms with van der Waals surface area (Å²) in [6.45, 7) is 3.60. The highest BCUT2D eigenvalue weighted by atomic mass is 15.4. The van der Waals surface area contributed by atoms with Gasteiger partial charge in [0.05, 0.1) is 6.67 Å². The van der Waals surface area contributed by atoms with E-state index >= 15 is 0 Å². The van der Waals surface area contributed by atoms with Crippen molar-refractivity contribution in [3.63, 3.8) is 0 Å². The first-order valence-electron chi connectivity index (χ1n) is 1.54. The summed E-state index contributed by atoms with van der Waals surface area (Å²) in [4.78, 5) is 0. The van der Waals surface area contributed by atoms with Gasteiger partial charge in [-0.2, -0.15) is 5.10 Å². The maximum Gasteiger partial charge on any atom is 0.0947 e. The first-order chi connectivity index (χ1) is 2.91. The van der Waals surface area contributed by atoms with Gasteiger partial charge in [-0.15, -0.1) is 0 Å². The lowest BCUT2D eigenvalue weighted by Gasteiger charge is -1.91. The molecule has 0 saturated carbocycles. The summed E-state index contributed by atoms with van der Waals surface area (Å²) in [5.41, 5.74) is 4.80. The van der Waals surface area contributed by atoms with E-state index in [9.17, 15) is 0 Å². The highest BCUT2D eigenvalue weighted by Crippen LogP contribution is 1.39. The van der Waals surface area contributed by atoms with Crippen LogP contribution >= 0.6 is 0 Å². The number of nitrogens with two attached hydrogens (primary N) is 1. The van der Waals surface area contributed by atoms with E-state index < -0.39 is 0 Å². The summed E-state index contributed by atoms with van der Waals surface area (Å²) in [6, 6.07) is 0. The van der Waals surface area contributed by atoms with E-state index in [4.69, 9.17) is 5.84 Å². The standard InChI is InChI=1S/C2H8N4/c1-4-6-2-5-3/h5-6H,1-3H2. The number of hydrogen-bond acceptors (Lipinski definition) is 4. The second kappa shape index (κ2) is 4.39. The Morgan fingerprint density at radius 3 is 2.67 bits per heavy atom. The second-order valence-corrected chi connectivity index (χ2v) is 0.697. The summed E-state index contributed by atoms with van der Waals surface area (Å²) >= 11 is 0. The van der Waals surface area contributed by atoms with Gasteiger partial charge >= 0.3 is 0 Å². The molecule has 0 unspecified atom stereocenters. The number of rotatable bonds is 3. The molecule has 0 aromatic rings. The largest absolute Gasteiger partial charge is 0.295 e. The molecule has 0 aromatic carbocycles. The summed E-state index contributed by atoms with van der Waals surface area (Å²) in [5, 5.41) is 3.28. The minimum Gasteiger partial charge on any atom is -0.295 e. The van der Waals surface area contributed by atoms with Crippen LogP contribution in [0.25, 0.3) is 0 Å². The lowest BCUT2D eigenvalue weighted by Crippen LogP contribution is -2.30. The molecule has 36 valence electrons. The summed E-state index contributed by atoms with van der Waals surface area (Å²) in [7, 11) is 0. The third kappa shape index (κ3) is 3.39. The highest BCUT2D eigenvalue weighted by Gasteiger charge is 1.63. The molecule has 0 atom stereocenters. The van der Waals surface area contributed by atoms with E-state index in [2.05, 4.69) is 22.7 Å². The fraction of sp³-hybridized carbons (Fsp3) is 0.500. The highest BCUT2D eigenvalue weighted by molar-refractivity contribution is 5.22. The Balaban J connectivity index is 2.49. The van der Waals surface area contributed by atoms with Crippen LogP contribution in [0.15, 0.2) is 5.10 Å². The molecule has 0 amide bonds. The molecule has 4 heteroatoms. The molecule has 0 fully saturated rings. The Kier molecular flexibility index (Phi) is 3.94. The molecule has 0 radical (unpaired) electrons. The van der Waals surface area contributed by atoms with Crippen molar-refractivity contribution in [3.05, 3.63) is 0 Å². The van der Waals surface area contributed by atoms with Gasteiger partial charge in [0, 0.05) is 6.72 Å². The van der Waals surface area contributed by atoms with Gasteiger partial charge in [0.15, 0.2) is 0 Å². The zero-order valence-corrected chi connectivity index (χ0v) is 3.44. The summed E-state index contributed by atoms with van der Waals surface area (Å²) in [5.74, 6) is 4.81. The SMILES string of the molecule is C=NNCNN. The van der Waals surface area contributed by atoms with Crippen molar-refractivity contribution in [2.45, 2.75) is 0 Å². The van der Waals surface area contributed by atoms with Crippen molar-refractivity contribution in [2.75, 3.05) is 6.67 Å². The first kappa shape index (κ1) is 5.39. The zero-order chi connectivity index (χ0) is 4.83. The smallest absolute Gasteiger partial charge is 0.0947 e. The third-order valence-corrected chi connectivity index (χ3v) is 0.293. The third-order valence-electron chi connectivity index (χ3n) is 0.293. The van der Waals surface area contributed by atoms with Gasteiger partial charge < -0.3 is 0 Å². The molecular weight excluding hydrogens is 80.1 g/mol. The van der Waals surface area contributed by atoms with Gasteiger partial charge in [-0.25, -0.2) is 5.43 Å². The van der Waals surface area contributed by atoms with Crippen LogP contribution < -0.4 is 16.7 Å². The lowest BCUT2D eigenvalue weighted by molar-refractivity contribution is 0.629. The number of hydrogen-bond donors (Lipinski definition) is 3. The molecule has 0 aliphatic heterocycles. The Morgan fingerprint density at radius 2 is 2.50 bits per heavy atom. The maximum atomic E-state index is 4.81. The van der Waals surface area contributed by atoms with E-state index in [1.807, 2.05) is 0 Å². The molecule has 0 aliphatic carbocycles. The fourth-order valence-corrected chi connectivity index (χ4v) is 0.102. The van der Waals surface area contributed by atoms with Crippen LogP contribution in [-0.2, 0) is 0 Å². The lowest BCUT2D eigenvalue weighted by atomic mass is 11.2. The second-order valence-electron chi connectivity index (χ2n) is 0.697. The van der Waals surface area contributed by atoms with E-state index in [1.54, 1.807) is 0 Å². The van der Waals surface area contributed by atoms with Crippen molar-refractivity contribution in [1.29, 1.82) is 0 Å². The number of nitrogens with zero attached hydrogens (tertiary/aromatic N) is 1. The average molecular weight is 88.1 g/mol. The van der Waals surface area contributed by atoms with Crippen LogP contribution in [0.1, 0.15) is 0 Å². The van der Waals surface area contributed by atoms with Crippen LogP contribution in [0, 0.1) is 0 Å². The first-order valence-corrected chi connectivity index (χ1v) is 1.54. The van der Waals surface area contributed by atoms with Gasteiger partial charge in [-0.3, -0.25) is 11.3 Å². The van der Waals surface area contributed by atoms with Gasteiger partial charge in [0.2, 0.25) is 0 Å². The maximum absolute atomic E-state index is 4.81. The molecule has 4 nitrogen and oxygen atoms in total. The molecule has 0 aromatic heterocycles. The van der Waals surface area contributed by atoms with Crippen LogP contribution in [0.2, 0.25) is 0 Å². The predicted molar refractivity (Wildman–Crippen MR) is 24.9 cm³/mol. The van der Waals surface area contributed by atoms with Crippen LogP contribution in [0.3, 0.4) is 0 Å². The Hall–Kier alpha value is -0.610. The van der Waals surface area contributed by atoms with Gasteiger partial charge in [0.25, 0.3) is 0 Å². The molecule has 0 heterocycles. The zero-order valence-electron chi connectivity index (χ0n) is 3.44. The predicted octanol–water partition coefficient (Wildman–Crippen LogP) is -1.39. The van der Waals surface area contributed by atoms with Crippen LogP contribution in [0.4, 0.5) is 0 Å². The van der Waals surface area contributed by atoms with Gasteiger partial charge in [-0.1, -0.05) is 0 Å². The number of hydrazone groups is 1. The molecular formula is C2H8N4. The molecule has 0 aliphatic rings. The minimum absolute atomic E-state index is 0.462. The quantitative estimate of drug-likeness (QED) is 0.131. The topological polar surface area (TPSA) is 62.4 Å². The van der Waals surface area contributed by atoms with Crippen molar-refractivity contribution in [3.8, 4) is 0 Å². The molecule has 0 spiro atoms. The van der Waals surface area contributed by atoms with Crippen molar-refractivity contribution in [1.82, 2.24) is 10.9 Å². The number of hydrazine groups is 1. The van der Waals surface area contributed by atoms with Gasteiger partial charge in [-0.05, 0) is 0 Å². The monoisotopic (exact) mass is 88.1 g/mol. The molecule has 6 heavy (non-hydrogen) atoms. The van der Waals surface area contributed by atoms with E-state index in [0.717, 1.165) is 0 Å². The van der Waals surface area contributed by atoms with E-state index in [0.29, 0.717) is 6.67 Å². The number of nitrogens with one attached hydrogen (secondary N) is 2. The van der Waals surface area contributed by atoms with Crippen LogP contribution in [-0.4, -0.2) is 13.4 Å². The minimum atomic E-state index is 0.462. The fourth-order valence-electron chi connectivity index (χ4n) is 0.102. The molecule has 0 rings (SSSR count). The Morgan fingerprint density at radius 1 is 1.83 bits per heavy atom. The Bertz CT molecular complexity index is 34.5. The van der Waals surface area contributed by atoms with E-state index in [1.165, 1.54) is 0 Å². The molecule has 0 saturated heterocycles. The Labute approximate surface area is 36.4 Å². The average Bonchev–Trinajstić information content (AvgIpc) is 1.61. The van der Waals surface area contributed by atoms with Gasteiger partial charge in [0.1, 0.15) is 0 Å². The van der Waals surface area contributed by atoms with Crippen molar-refractivity contribution >= 4 is 6.72 Å². The van der Waals surface area contributed by atoms with Crippen LogP contribution in [0.5, 0.6) is 0 Å². The van der Waals surface area contributed by atoms with Crippen molar-refractivity contribution < 1.29 is 0 Å². The normalized spacial score (nSPS) is 7.50. The van der Waals surface area contributed by atoms with E-state index in [-0.39, 0.29) is 0 Å².